The number of carbonyl (C=O) groups excluding carboxylic acids is 2. The number of esters is 1. The van der Waals surface area contributed by atoms with Gasteiger partial charge in [-0.05, 0) is 36.1 Å². The molecular weight excluding hydrogens is 693 g/mol. The molecule has 16 heteroatoms. The lowest BCUT2D eigenvalue weighted by molar-refractivity contribution is -0.155. The van der Waals surface area contributed by atoms with Gasteiger partial charge in [0, 0.05) is 41.6 Å². The van der Waals surface area contributed by atoms with E-state index in [1.165, 1.54) is 40.7 Å². The zero-order valence-electron chi connectivity index (χ0n) is 27.5. The highest BCUT2D eigenvalue weighted by Gasteiger charge is 2.54. The predicted octanol–water partition coefficient (Wildman–Crippen LogP) is 4.95. The average molecular weight is 731 g/mol. The van der Waals surface area contributed by atoms with E-state index in [9.17, 15) is 28.2 Å². The van der Waals surface area contributed by atoms with Gasteiger partial charge < -0.3 is 23.8 Å². The van der Waals surface area contributed by atoms with Crippen molar-refractivity contribution in [1.82, 2.24) is 14.2 Å². The number of aromatic nitrogens is 1. The Morgan fingerprint density at radius 2 is 1.88 bits per heavy atom. The van der Waals surface area contributed by atoms with E-state index in [0.717, 1.165) is 33.7 Å². The van der Waals surface area contributed by atoms with Gasteiger partial charge in [-0.25, -0.2) is 13.3 Å². The third-order valence-corrected chi connectivity index (χ3v) is 12.9. The van der Waals surface area contributed by atoms with Gasteiger partial charge in [0.25, 0.3) is 5.91 Å². The number of rotatable bonds is 7. The smallest absolute Gasteiger partial charge is 0.460 e. The number of halogens is 2. The van der Waals surface area contributed by atoms with Crippen molar-refractivity contribution < 1.29 is 41.8 Å². The zero-order chi connectivity index (χ0) is 35.4. The van der Waals surface area contributed by atoms with Crippen LogP contribution in [-0.4, -0.2) is 76.1 Å². The average Bonchev–Trinajstić information content (AvgIpc) is 3.28. The SMILES string of the molecule is CCN(C1(C(=O)OC)CCCCC1)P(=O)(O)Oc1c2n(ccc1=O)N([C@@H]1c3ccccc3SCc3c1ccc(F)c3F)[C@@H]1COCCN1C2=O. The van der Waals surface area contributed by atoms with Crippen LogP contribution in [0.25, 0.3) is 0 Å². The first-order chi connectivity index (χ1) is 24.0. The number of pyridine rings is 1. The molecule has 1 saturated heterocycles. The maximum atomic E-state index is 15.5. The fourth-order valence-electron chi connectivity index (χ4n) is 7.84. The van der Waals surface area contributed by atoms with Gasteiger partial charge in [0.05, 0.1) is 26.4 Å². The summed E-state index contributed by atoms with van der Waals surface area (Å²) in [5.41, 5.74) is -1.31. The van der Waals surface area contributed by atoms with Crippen molar-refractivity contribution in [3.63, 3.8) is 0 Å². The number of thioether (sulfide) groups is 1. The Balaban J connectivity index is 1.42. The van der Waals surface area contributed by atoms with E-state index < -0.39 is 60.2 Å². The summed E-state index contributed by atoms with van der Waals surface area (Å²) in [6.07, 6.45) is 3.11. The predicted molar refractivity (Wildman–Crippen MR) is 179 cm³/mol. The summed E-state index contributed by atoms with van der Waals surface area (Å²) >= 11 is 1.35. The summed E-state index contributed by atoms with van der Waals surface area (Å²) in [6, 6.07) is 10.3. The quantitative estimate of drug-likeness (QED) is 0.262. The molecule has 2 fully saturated rings. The molecule has 0 bridgehead atoms. The third kappa shape index (κ3) is 5.54. The van der Waals surface area contributed by atoms with Crippen LogP contribution in [0, 0.1) is 11.6 Å². The number of amides is 1. The van der Waals surface area contributed by atoms with Crippen LogP contribution in [0.3, 0.4) is 0 Å². The van der Waals surface area contributed by atoms with Crippen LogP contribution in [0.4, 0.5) is 8.78 Å². The monoisotopic (exact) mass is 730 g/mol. The van der Waals surface area contributed by atoms with Gasteiger partial charge in [0.2, 0.25) is 11.2 Å². The molecule has 1 amide bonds. The van der Waals surface area contributed by atoms with Gasteiger partial charge in [-0.15, -0.1) is 11.8 Å². The van der Waals surface area contributed by atoms with E-state index >= 15 is 4.39 Å². The molecule has 1 aliphatic carbocycles. The first-order valence-corrected chi connectivity index (χ1v) is 19.1. The molecule has 3 aromatic rings. The Morgan fingerprint density at radius 1 is 1.12 bits per heavy atom. The molecule has 3 atom stereocenters. The fraction of sp³-hybridized carbons (Fsp3) is 0.441. The van der Waals surface area contributed by atoms with Crippen molar-refractivity contribution in [2.45, 2.75) is 67.4 Å². The minimum atomic E-state index is -5.03. The van der Waals surface area contributed by atoms with Crippen molar-refractivity contribution in [1.29, 1.82) is 0 Å². The highest BCUT2D eigenvalue weighted by Crippen LogP contribution is 2.55. The zero-order valence-corrected chi connectivity index (χ0v) is 29.3. The van der Waals surface area contributed by atoms with Crippen LogP contribution < -0.4 is 15.0 Å². The van der Waals surface area contributed by atoms with Crippen molar-refractivity contribution in [3.05, 3.63) is 92.9 Å². The Bertz CT molecular complexity index is 1960. The molecule has 1 unspecified atom stereocenters. The maximum absolute atomic E-state index is 15.5. The van der Waals surface area contributed by atoms with Crippen molar-refractivity contribution in [3.8, 4) is 5.75 Å². The molecule has 0 spiro atoms. The van der Waals surface area contributed by atoms with E-state index in [2.05, 4.69) is 0 Å². The molecule has 7 rings (SSSR count). The topological polar surface area (TPSA) is 131 Å². The Morgan fingerprint density at radius 3 is 2.62 bits per heavy atom. The van der Waals surface area contributed by atoms with Crippen molar-refractivity contribution in [2.75, 3.05) is 38.4 Å². The second kappa shape index (κ2) is 13.4. The van der Waals surface area contributed by atoms with Crippen LogP contribution in [0.1, 0.15) is 72.2 Å². The summed E-state index contributed by atoms with van der Waals surface area (Å²) < 4.78 is 63.8. The second-order valence-corrected chi connectivity index (χ2v) is 15.3. The molecule has 1 aromatic heterocycles. The minimum absolute atomic E-state index is 0.0437. The lowest BCUT2D eigenvalue weighted by Gasteiger charge is -2.51. The molecule has 1 N–H and O–H groups in total. The molecule has 4 aliphatic rings. The lowest BCUT2D eigenvalue weighted by Crippen LogP contribution is -2.66. The molecule has 266 valence electrons. The van der Waals surface area contributed by atoms with Gasteiger partial charge >= 0.3 is 13.7 Å². The number of morpholine rings is 1. The lowest BCUT2D eigenvalue weighted by atomic mass is 9.81. The standard InChI is InChI=1S/C34H37F2N4O8PS/c1-3-39(34(33(43)46-2)14-7-4-8-15-34)49(44,45)48-31-25(41)13-16-38-30(31)32(42)37-17-18-47-19-27(37)40(38)29-21-11-12-24(35)28(36)23(21)20-50-26-10-6-5-9-22(26)29/h5-6,9-13,16,27,29H,3-4,7-8,14-15,17-20H2,1-2H3,(H,44,45)/t27-,29+/m1/s1. The normalized spacial score (nSPS) is 22.4. The Kier molecular flexibility index (Phi) is 9.31. The number of methoxy groups -OCH3 is 1. The number of fused-ring (bicyclic) bond motifs is 4. The Hall–Kier alpha value is -3.75. The molecular formula is C34H37F2N4O8PS. The number of hydrogen-bond donors (Lipinski definition) is 1. The van der Waals surface area contributed by atoms with Crippen LogP contribution in [0.2, 0.25) is 0 Å². The number of carbonyl (C=O) groups is 2. The van der Waals surface area contributed by atoms with Gasteiger partial charge in [0.1, 0.15) is 11.7 Å². The van der Waals surface area contributed by atoms with Crippen LogP contribution in [0.15, 0.2) is 58.4 Å². The van der Waals surface area contributed by atoms with Crippen molar-refractivity contribution >= 4 is 31.4 Å². The molecule has 0 radical (unpaired) electrons. The first-order valence-electron chi connectivity index (χ1n) is 16.5. The van der Waals surface area contributed by atoms with Gasteiger partial charge in [0.15, 0.2) is 17.3 Å². The minimum Gasteiger partial charge on any atom is -0.468 e. The van der Waals surface area contributed by atoms with Gasteiger partial charge in [-0.3, -0.25) is 24.1 Å². The first kappa shape index (κ1) is 34.7. The van der Waals surface area contributed by atoms with Crippen LogP contribution >= 0.6 is 19.5 Å². The summed E-state index contributed by atoms with van der Waals surface area (Å²) in [6.45, 7) is 1.84. The molecule has 3 aliphatic heterocycles. The number of likely N-dealkylation sites (N-methyl/N-ethyl adjacent to an activating group) is 1. The summed E-state index contributed by atoms with van der Waals surface area (Å²) in [5, 5.41) is 1.75. The van der Waals surface area contributed by atoms with Gasteiger partial charge in [-0.1, -0.05) is 50.5 Å². The molecule has 4 heterocycles. The maximum Gasteiger partial charge on any atom is 0.460 e. The number of hydrogen-bond acceptors (Lipinski definition) is 9. The van der Waals surface area contributed by atoms with E-state index in [-0.39, 0.29) is 56.2 Å². The summed E-state index contributed by atoms with van der Waals surface area (Å²) in [4.78, 5) is 55.2. The number of nitrogens with zero attached hydrogens (tertiary/aromatic N) is 4. The second-order valence-electron chi connectivity index (χ2n) is 12.7. The van der Waals surface area contributed by atoms with Crippen LogP contribution in [0.5, 0.6) is 5.75 Å². The largest absolute Gasteiger partial charge is 0.468 e. The molecule has 12 nitrogen and oxygen atoms in total. The summed E-state index contributed by atoms with van der Waals surface area (Å²) in [7, 11) is -3.82. The highest BCUT2D eigenvalue weighted by atomic mass is 32.2. The van der Waals surface area contributed by atoms with E-state index in [4.69, 9.17) is 14.0 Å². The van der Waals surface area contributed by atoms with Gasteiger partial charge in [-0.2, -0.15) is 4.67 Å². The number of benzene rings is 2. The molecule has 50 heavy (non-hydrogen) atoms. The Labute approximate surface area is 291 Å². The third-order valence-electron chi connectivity index (χ3n) is 10.1. The fourth-order valence-corrected chi connectivity index (χ4v) is 10.6. The van der Waals surface area contributed by atoms with E-state index in [1.807, 2.05) is 24.3 Å². The molecule has 2 aromatic carbocycles. The number of ether oxygens (including phenoxy) is 2. The van der Waals surface area contributed by atoms with E-state index in [1.54, 1.807) is 11.9 Å². The highest BCUT2D eigenvalue weighted by molar-refractivity contribution is 7.98. The molecule has 1 saturated carbocycles. The van der Waals surface area contributed by atoms with Crippen LogP contribution in [-0.2, 0) is 24.6 Å². The van der Waals surface area contributed by atoms with Crippen molar-refractivity contribution in [2.24, 2.45) is 0 Å². The summed E-state index contributed by atoms with van der Waals surface area (Å²) in [5.74, 6) is -3.84. The van der Waals surface area contributed by atoms with E-state index in [0.29, 0.717) is 18.4 Å².